The van der Waals surface area contributed by atoms with Crippen LogP contribution in [-0.2, 0) is 4.79 Å². The zero-order valence-corrected chi connectivity index (χ0v) is 17.1. The van der Waals surface area contributed by atoms with Gasteiger partial charge in [-0.3, -0.25) is 19.8 Å². The number of nitro groups is 1. The molecule has 28 heavy (non-hydrogen) atoms. The van der Waals surface area contributed by atoms with Crippen molar-refractivity contribution < 1.29 is 19.2 Å². The third-order valence-electron chi connectivity index (χ3n) is 4.52. The van der Waals surface area contributed by atoms with E-state index in [2.05, 4.69) is 21.2 Å². The van der Waals surface area contributed by atoms with E-state index >= 15 is 0 Å². The van der Waals surface area contributed by atoms with Gasteiger partial charge in [-0.1, -0.05) is 12.1 Å². The zero-order chi connectivity index (χ0) is 20.3. The highest BCUT2D eigenvalue weighted by Gasteiger charge is 2.19. The summed E-state index contributed by atoms with van der Waals surface area (Å²) in [6.07, 6.45) is 0. The van der Waals surface area contributed by atoms with Gasteiger partial charge < -0.3 is 14.8 Å². The Hall–Kier alpha value is -2.65. The Bertz CT molecular complexity index is 905. The highest BCUT2D eigenvalue weighted by molar-refractivity contribution is 9.10. The molecule has 0 spiro atoms. The van der Waals surface area contributed by atoms with E-state index in [1.54, 1.807) is 25.2 Å². The molecule has 0 saturated heterocycles. The monoisotopic (exact) mass is 449 g/mol. The molecule has 1 heterocycles. The number of likely N-dealkylation sites (N-methyl/N-ethyl adjacent to an activating group) is 1. The number of fused-ring (bicyclic) bond motifs is 1. The summed E-state index contributed by atoms with van der Waals surface area (Å²) in [5, 5.41) is 13.8. The maximum absolute atomic E-state index is 12.5. The number of carbonyl (C=O) groups excluding carboxylic acids is 1. The van der Waals surface area contributed by atoms with Crippen LogP contribution < -0.4 is 14.8 Å². The molecular formula is C19H20BrN3O5. The average Bonchev–Trinajstić information content (AvgIpc) is 2.68. The third-order valence-corrected chi connectivity index (χ3v) is 5.18. The minimum atomic E-state index is -0.428. The third kappa shape index (κ3) is 4.60. The lowest BCUT2D eigenvalue weighted by atomic mass is 10.1. The fourth-order valence-corrected chi connectivity index (χ4v) is 3.29. The van der Waals surface area contributed by atoms with Gasteiger partial charge in [0.15, 0.2) is 11.5 Å². The SMILES string of the molecule is C[C@@H](c1cccc([N+](=O)[O-])c1)N(C)CC(=O)Nc1cc2c(cc1Br)OCCO2. The highest BCUT2D eigenvalue weighted by atomic mass is 79.9. The van der Waals surface area contributed by atoms with Crippen molar-refractivity contribution in [2.75, 3.05) is 32.1 Å². The molecule has 0 unspecified atom stereocenters. The number of nitro benzene ring substituents is 1. The molecule has 2 aromatic carbocycles. The topological polar surface area (TPSA) is 93.9 Å². The molecule has 0 bridgehead atoms. The lowest BCUT2D eigenvalue weighted by Crippen LogP contribution is -2.32. The second-order valence-corrected chi connectivity index (χ2v) is 7.32. The summed E-state index contributed by atoms with van der Waals surface area (Å²) < 4.78 is 11.8. The summed E-state index contributed by atoms with van der Waals surface area (Å²) in [6.45, 7) is 2.97. The average molecular weight is 450 g/mol. The second-order valence-electron chi connectivity index (χ2n) is 6.47. The van der Waals surface area contributed by atoms with E-state index in [0.29, 0.717) is 34.9 Å². The van der Waals surface area contributed by atoms with Crippen LogP contribution in [0.5, 0.6) is 11.5 Å². The maximum Gasteiger partial charge on any atom is 0.269 e. The minimum Gasteiger partial charge on any atom is -0.486 e. The van der Waals surface area contributed by atoms with Gasteiger partial charge in [0.05, 0.1) is 17.2 Å². The minimum absolute atomic E-state index is 0.0300. The van der Waals surface area contributed by atoms with Crippen LogP contribution in [0.1, 0.15) is 18.5 Å². The van der Waals surface area contributed by atoms with Crippen LogP contribution in [0, 0.1) is 10.1 Å². The van der Waals surface area contributed by atoms with Crippen LogP contribution in [0.25, 0.3) is 0 Å². The molecule has 1 N–H and O–H groups in total. The predicted octanol–water partition coefficient (Wildman–Crippen LogP) is 3.76. The first-order valence-corrected chi connectivity index (χ1v) is 9.48. The van der Waals surface area contributed by atoms with Crippen LogP contribution in [0.2, 0.25) is 0 Å². The molecule has 0 fully saturated rings. The highest BCUT2D eigenvalue weighted by Crippen LogP contribution is 2.38. The van der Waals surface area contributed by atoms with E-state index in [4.69, 9.17) is 9.47 Å². The number of halogens is 1. The van der Waals surface area contributed by atoms with Crippen LogP contribution in [0.15, 0.2) is 40.9 Å². The summed E-state index contributed by atoms with van der Waals surface area (Å²) >= 11 is 3.43. The number of ether oxygens (including phenoxy) is 2. The lowest BCUT2D eigenvalue weighted by Gasteiger charge is -2.25. The molecule has 0 saturated carbocycles. The number of hydrogen-bond donors (Lipinski definition) is 1. The number of nitrogens with one attached hydrogen (secondary N) is 1. The largest absolute Gasteiger partial charge is 0.486 e. The first kappa shape index (κ1) is 20.1. The van der Waals surface area contributed by atoms with Crippen LogP contribution in [0.3, 0.4) is 0 Å². The van der Waals surface area contributed by atoms with Crippen molar-refractivity contribution in [2.24, 2.45) is 0 Å². The Kier molecular flexibility index (Phi) is 6.15. The summed E-state index contributed by atoms with van der Waals surface area (Å²) in [5.74, 6) is 1.01. The van der Waals surface area contributed by atoms with Crippen molar-refractivity contribution >= 4 is 33.2 Å². The predicted molar refractivity (Wildman–Crippen MR) is 108 cm³/mol. The Morgan fingerprint density at radius 1 is 1.29 bits per heavy atom. The quantitative estimate of drug-likeness (QED) is 0.532. The van der Waals surface area contributed by atoms with E-state index in [-0.39, 0.29) is 24.2 Å². The van der Waals surface area contributed by atoms with Gasteiger partial charge in [-0.05, 0) is 35.5 Å². The summed E-state index contributed by atoms with van der Waals surface area (Å²) in [5.41, 5.74) is 1.39. The van der Waals surface area contributed by atoms with Gasteiger partial charge >= 0.3 is 0 Å². The number of nitrogens with zero attached hydrogens (tertiary/aromatic N) is 2. The number of non-ortho nitro benzene ring substituents is 1. The van der Waals surface area contributed by atoms with Crippen LogP contribution in [-0.4, -0.2) is 42.5 Å². The fraction of sp³-hybridized carbons (Fsp3) is 0.316. The number of anilines is 1. The molecule has 1 amide bonds. The molecule has 9 heteroatoms. The first-order valence-electron chi connectivity index (χ1n) is 8.68. The van der Waals surface area contributed by atoms with E-state index < -0.39 is 4.92 Å². The number of hydrogen-bond acceptors (Lipinski definition) is 6. The molecule has 0 radical (unpaired) electrons. The Morgan fingerprint density at radius 2 is 1.96 bits per heavy atom. The summed E-state index contributed by atoms with van der Waals surface area (Å²) in [7, 11) is 1.79. The van der Waals surface area contributed by atoms with E-state index in [1.807, 2.05) is 17.9 Å². The van der Waals surface area contributed by atoms with E-state index in [9.17, 15) is 14.9 Å². The summed E-state index contributed by atoms with van der Waals surface area (Å²) in [4.78, 5) is 24.9. The number of carbonyl (C=O) groups is 1. The van der Waals surface area contributed by atoms with Gasteiger partial charge in [0.2, 0.25) is 5.91 Å². The van der Waals surface area contributed by atoms with Gasteiger partial charge in [-0.15, -0.1) is 0 Å². The molecule has 8 nitrogen and oxygen atoms in total. The van der Waals surface area contributed by atoms with Crippen molar-refractivity contribution in [1.29, 1.82) is 0 Å². The van der Waals surface area contributed by atoms with Gasteiger partial charge in [0, 0.05) is 34.8 Å². The molecule has 2 aromatic rings. The Morgan fingerprint density at radius 3 is 2.64 bits per heavy atom. The molecule has 1 aliphatic heterocycles. The number of amides is 1. The molecular weight excluding hydrogens is 430 g/mol. The molecule has 1 atom stereocenters. The van der Waals surface area contributed by atoms with Gasteiger partial charge in [0.1, 0.15) is 13.2 Å². The maximum atomic E-state index is 12.5. The fourth-order valence-electron chi connectivity index (χ4n) is 2.87. The van der Waals surface area contributed by atoms with E-state index in [1.165, 1.54) is 12.1 Å². The number of benzene rings is 2. The normalized spacial score (nSPS) is 13.9. The van der Waals surface area contributed by atoms with Crippen LogP contribution in [0.4, 0.5) is 11.4 Å². The molecule has 0 aromatic heterocycles. The van der Waals surface area contributed by atoms with Crippen molar-refractivity contribution in [3.63, 3.8) is 0 Å². The first-order chi connectivity index (χ1) is 13.3. The Labute approximate surface area is 170 Å². The standard InChI is InChI=1S/C19H20BrN3O5/c1-12(13-4-3-5-14(8-13)23(25)26)22(2)11-19(24)21-16-10-18-17(9-15(16)20)27-6-7-28-18/h3-5,8-10,12H,6-7,11H2,1-2H3,(H,21,24)/t12-/m0/s1. The molecule has 0 aliphatic carbocycles. The molecule has 1 aliphatic rings. The molecule has 148 valence electrons. The van der Waals surface area contributed by atoms with Gasteiger partial charge in [0.25, 0.3) is 5.69 Å². The van der Waals surface area contributed by atoms with E-state index in [0.717, 1.165) is 5.56 Å². The van der Waals surface area contributed by atoms with Crippen molar-refractivity contribution in [2.45, 2.75) is 13.0 Å². The van der Waals surface area contributed by atoms with Crippen LogP contribution >= 0.6 is 15.9 Å². The van der Waals surface area contributed by atoms with Gasteiger partial charge in [-0.2, -0.15) is 0 Å². The summed E-state index contributed by atoms with van der Waals surface area (Å²) in [6, 6.07) is 9.74. The smallest absolute Gasteiger partial charge is 0.269 e. The van der Waals surface area contributed by atoms with Crippen molar-refractivity contribution in [1.82, 2.24) is 4.90 Å². The second kappa shape index (κ2) is 8.57. The lowest BCUT2D eigenvalue weighted by molar-refractivity contribution is -0.384. The van der Waals surface area contributed by atoms with Crippen molar-refractivity contribution in [3.05, 3.63) is 56.5 Å². The number of rotatable bonds is 6. The van der Waals surface area contributed by atoms with Crippen molar-refractivity contribution in [3.8, 4) is 11.5 Å². The van der Waals surface area contributed by atoms with Gasteiger partial charge in [-0.25, -0.2) is 0 Å². The molecule has 3 rings (SSSR count). The Balaban J connectivity index is 1.66. The zero-order valence-electron chi connectivity index (χ0n) is 15.5.